The van der Waals surface area contributed by atoms with Crippen molar-refractivity contribution >= 4 is 17.6 Å². The summed E-state index contributed by atoms with van der Waals surface area (Å²) in [5.74, 6) is -2.03. The summed E-state index contributed by atoms with van der Waals surface area (Å²) in [5.41, 5.74) is 0.386. The molecule has 0 saturated carbocycles. The molecule has 1 aromatic rings. The number of phenols is 1. The molecule has 0 aromatic heterocycles. The number of hydrogen-bond acceptors (Lipinski definition) is 3. The van der Waals surface area contributed by atoms with Crippen LogP contribution in [0, 0.1) is 5.92 Å². The molecule has 0 spiro atoms. The van der Waals surface area contributed by atoms with E-state index in [0.29, 0.717) is 12.0 Å². The minimum atomic E-state index is -1.12. The van der Waals surface area contributed by atoms with Crippen LogP contribution in [0.2, 0.25) is 5.02 Å². The fourth-order valence-electron chi connectivity index (χ4n) is 1.47. The predicted molar refractivity (Wildman–Crippen MR) is 59.5 cm³/mol. The van der Waals surface area contributed by atoms with E-state index in [-0.39, 0.29) is 10.8 Å². The average Bonchev–Trinajstić information content (AvgIpc) is 2.22. The number of aliphatic hydroxyl groups excluding tert-OH is 1. The quantitative estimate of drug-likeness (QED) is 0.759. The van der Waals surface area contributed by atoms with Crippen LogP contribution in [0.4, 0.5) is 0 Å². The van der Waals surface area contributed by atoms with E-state index in [1.807, 2.05) is 0 Å². The van der Waals surface area contributed by atoms with E-state index in [9.17, 15) is 15.0 Å². The molecule has 0 fully saturated rings. The average molecular weight is 245 g/mol. The zero-order valence-electron chi connectivity index (χ0n) is 8.72. The van der Waals surface area contributed by atoms with Gasteiger partial charge in [0.05, 0.1) is 17.0 Å². The maximum Gasteiger partial charge on any atom is 0.309 e. The Morgan fingerprint density at radius 3 is 2.56 bits per heavy atom. The molecule has 0 bridgehead atoms. The van der Waals surface area contributed by atoms with Crippen molar-refractivity contribution in [3.8, 4) is 5.75 Å². The zero-order valence-corrected chi connectivity index (χ0v) is 9.48. The van der Waals surface area contributed by atoms with E-state index in [0.717, 1.165) is 0 Å². The fourth-order valence-corrected chi connectivity index (χ4v) is 1.66. The minimum absolute atomic E-state index is 0.0943. The molecule has 0 aliphatic heterocycles. The topological polar surface area (TPSA) is 77.8 Å². The van der Waals surface area contributed by atoms with Gasteiger partial charge in [-0.15, -0.1) is 0 Å². The summed E-state index contributed by atoms with van der Waals surface area (Å²) in [5, 5.41) is 28.0. The third-order valence-corrected chi connectivity index (χ3v) is 2.75. The van der Waals surface area contributed by atoms with Crippen LogP contribution in [0.1, 0.15) is 25.0 Å². The van der Waals surface area contributed by atoms with Gasteiger partial charge in [-0.25, -0.2) is 0 Å². The molecule has 1 aromatic carbocycles. The summed E-state index contributed by atoms with van der Waals surface area (Å²) in [4.78, 5) is 10.9. The van der Waals surface area contributed by atoms with Crippen molar-refractivity contribution in [1.29, 1.82) is 0 Å². The van der Waals surface area contributed by atoms with Gasteiger partial charge < -0.3 is 15.3 Å². The van der Waals surface area contributed by atoms with Gasteiger partial charge >= 0.3 is 5.97 Å². The molecule has 4 nitrogen and oxygen atoms in total. The number of aliphatic carboxylic acids is 1. The largest absolute Gasteiger partial charge is 0.506 e. The smallest absolute Gasteiger partial charge is 0.309 e. The summed E-state index contributed by atoms with van der Waals surface area (Å²) in [6.45, 7) is 1.68. The molecule has 2 unspecified atom stereocenters. The van der Waals surface area contributed by atoms with Gasteiger partial charge in [0.25, 0.3) is 0 Å². The highest BCUT2D eigenvalue weighted by Crippen LogP contribution is 2.30. The molecular weight excluding hydrogens is 232 g/mol. The first kappa shape index (κ1) is 12.8. The maximum atomic E-state index is 10.9. The second kappa shape index (κ2) is 5.18. The lowest BCUT2D eigenvalue weighted by atomic mass is 9.93. The van der Waals surface area contributed by atoms with Crippen molar-refractivity contribution in [1.82, 2.24) is 0 Å². The number of halogens is 1. The lowest BCUT2D eigenvalue weighted by Crippen LogP contribution is -2.21. The SMILES string of the molecule is CCC(C(=O)O)C(O)c1ccc(O)c(Cl)c1. The minimum Gasteiger partial charge on any atom is -0.506 e. The summed E-state index contributed by atoms with van der Waals surface area (Å²) in [7, 11) is 0. The van der Waals surface area contributed by atoms with E-state index in [2.05, 4.69) is 0 Å². The number of carbonyl (C=O) groups is 1. The van der Waals surface area contributed by atoms with E-state index in [1.54, 1.807) is 6.92 Å². The molecule has 0 radical (unpaired) electrons. The Morgan fingerprint density at radius 1 is 1.50 bits per heavy atom. The Hall–Kier alpha value is -1.26. The van der Waals surface area contributed by atoms with Crippen molar-refractivity contribution in [2.24, 2.45) is 5.92 Å². The number of phenolic OH excluding ortho intramolecular Hbond substituents is 1. The number of carboxylic acids is 1. The standard InChI is InChI=1S/C11H13ClO4/c1-2-7(11(15)16)10(14)6-3-4-9(13)8(12)5-6/h3-5,7,10,13-14H,2H2,1H3,(H,15,16). The Morgan fingerprint density at radius 2 is 2.12 bits per heavy atom. The monoisotopic (exact) mass is 244 g/mol. The Kier molecular flexibility index (Phi) is 4.15. The van der Waals surface area contributed by atoms with E-state index < -0.39 is 18.0 Å². The number of hydrogen-bond donors (Lipinski definition) is 3. The molecule has 16 heavy (non-hydrogen) atoms. The second-order valence-corrected chi connectivity index (χ2v) is 3.92. The van der Waals surface area contributed by atoms with Crippen LogP contribution >= 0.6 is 11.6 Å². The summed E-state index contributed by atoms with van der Waals surface area (Å²) in [6.07, 6.45) is -0.810. The molecule has 0 amide bonds. The molecule has 2 atom stereocenters. The second-order valence-electron chi connectivity index (χ2n) is 3.51. The van der Waals surface area contributed by atoms with Crippen LogP contribution in [0.5, 0.6) is 5.75 Å². The van der Waals surface area contributed by atoms with Gasteiger partial charge in [-0.2, -0.15) is 0 Å². The van der Waals surface area contributed by atoms with Crippen LogP contribution < -0.4 is 0 Å². The third-order valence-electron chi connectivity index (χ3n) is 2.45. The predicted octanol–water partition coefficient (Wildman–Crippen LogP) is 2.19. The zero-order chi connectivity index (χ0) is 12.3. The van der Waals surface area contributed by atoms with Gasteiger partial charge in [-0.1, -0.05) is 24.6 Å². The summed E-state index contributed by atoms with van der Waals surface area (Å²) < 4.78 is 0. The Balaban J connectivity index is 2.99. The van der Waals surface area contributed by atoms with Gasteiger partial charge in [-0.05, 0) is 24.1 Å². The first-order valence-corrected chi connectivity index (χ1v) is 5.24. The fraction of sp³-hybridized carbons (Fsp3) is 0.364. The number of carboxylic acid groups (broad SMARTS) is 1. The molecular formula is C11H13ClO4. The number of aromatic hydroxyl groups is 1. The molecule has 0 aliphatic rings. The summed E-state index contributed by atoms with van der Waals surface area (Å²) >= 11 is 5.68. The van der Waals surface area contributed by atoms with Crippen LogP contribution in [-0.2, 0) is 4.79 Å². The van der Waals surface area contributed by atoms with Crippen LogP contribution in [0.25, 0.3) is 0 Å². The van der Waals surface area contributed by atoms with Gasteiger partial charge in [0.2, 0.25) is 0 Å². The Labute approximate surface area is 98.1 Å². The third kappa shape index (κ3) is 2.65. The molecule has 0 saturated heterocycles. The lowest BCUT2D eigenvalue weighted by Gasteiger charge is -2.18. The number of aliphatic hydroxyl groups is 1. The molecule has 1 rings (SSSR count). The van der Waals surface area contributed by atoms with Crippen molar-refractivity contribution in [3.05, 3.63) is 28.8 Å². The molecule has 0 heterocycles. The Bertz CT molecular complexity index is 392. The maximum absolute atomic E-state index is 10.9. The van der Waals surface area contributed by atoms with Crippen LogP contribution in [0.3, 0.4) is 0 Å². The first-order valence-electron chi connectivity index (χ1n) is 4.86. The van der Waals surface area contributed by atoms with Gasteiger partial charge in [0.1, 0.15) is 5.75 Å². The van der Waals surface area contributed by atoms with Gasteiger partial charge in [-0.3, -0.25) is 4.79 Å². The highest BCUT2D eigenvalue weighted by molar-refractivity contribution is 6.32. The van der Waals surface area contributed by atoms with E-state index in [4.69, 9.17) is 16.7 Å². The van der Waals surface area contributed by atoms with Gasteiger partial charge in [0, 0.05) is 0 Å². The number of rotatable bonds is 4. The van der Waals surface area contributed by atoms with Crippen molar-refractivity contribution in [3.63, 3.8) is 0 Å². The highest BCUT2D eigenvalue weighted by Gasteiger charge is 2.26. The number of benzene rings is 1. The van der Waals surface area contributed by atoms with E-state index in [1.165, 1.54) is 18.2 Å². The summed E-state index contributed by atoms with van der Waals surface area (Å²) in [6, 6.07) is 4.15. The van der Waals surface area contributed by atoms with Crippen molar-refractivity contribution < 1.29 is 20.1 Å². The first-order chi connectivity index (χ1) is 7.47. The van der Waals surface area contributed by atoms with Crippen molar-refractivity contribution in [2.45, 2.75) is 19.4 Å². The van der Waals surface area contributed by atoms with Crippen molar-refractivity contribution in [2.75, 3.05) is 0 Å². The highest BCUT2D eigenvalue weighted by atomic mass is 35.5. The lowest BCUT2D eigenvalue weighted by molar-refractivity contribution is -0.146. The van der Waals surface area contributed by atoms with Gasteiger partial charge in [0.15, 0.2) is 0 Å². The molecule has 0 aliphatic carbocycles. The normalized spacial score (nSPS) is 14.4. The molecule has 3 N–H and O–H groups in total. The molecule has 5 heteroatoms. The molecule has 88 valence electrons. The van der Waals surface area contributed by atoms with E-state index >= 15 is 0 Å². The van der Waals surface area contributed by atoms with Crippen LogP contribution in [-0.4, -0.2) is 21.3 Å². The van der Waals surface area contributed by atoms with Crippen LogP contribution in [0.15, 0.2) is 18.2 Å².